The Morgan fingerprint density at radius 3 is 1.69 bits per heavy atom. The maximum absolute atomic E-state index is 12.2. The van der Waals surface area contributed by atoms with Crippen molar-refractivity contribution in [2.75, 3.05) is 7.11 Å². The summed E-state index contributed by atoms with van der Waals surface area (Å²) < 4.78 is 5.04. The first-order chi connectivity index (χ1) is 12.7. The third-order valence-corrected chi connectivity index (χ3v) is 3.80. The van der Waals surface area contributed by atoms with Crippen LogP contribution in [0.25, 0.3) is 11.1 Å². The predicted octanol–water partition coefficient (Wildman–Crippen LogP) is 2.83. The number of nitrogens with one attached hydrogen (secondary N) is 2. The molecule has 0 spiro atoms. The number of hydrazine groups is 1. The molecule has 6 nitrogen and oxygen atoms in total. The summed E-state index contributed by atoms with van der Waals surface area (Å²) in [5, 5.41) is 0. The number of hydrogen-bond donors (Lipinski definition) is 2. The van der Waals surface area contributed by atoms with Gasteiger partial charge >= 0.3 is 0 Å². The number of rotatable bonds is 4. The molecule has 0 bridgehead atoms. The van der Waals surface area contributed by atoms with Crippen molar-refractivity contribution in [3.05, 3.63) is 84.2 Å². The number of aromatic nitrogens is 1. The number of carbonyl (C=O) groups excluding carboxylic acids is 2. The topological polar surface area (TPSA) is 80.3 Å². The molecule has 3 aromatic rings. The third-order valence-electron chi connectivity index (χ3n) is 3.80. The van der Waals surface area contributed by atoms with E-state index in [2.05, 4.69) is 15.8 Å². The average molecular weight is 347 g/mol. The van der Waals surface area contributed by atoms with Gasteiger partial charge in [-0.1, -0.05) is 12.1 Å². The number of amides is 2. The van der Waals surface area contributed by atoms with Crippen molar-refractivity contribution in [3.8, 4) is 16.9 Å². The maximum Gasteiger partial charge on any atom is 0.269 e. The molecule has 0 saturated heterocycles. The van der Waals surface area contributed by atoms with Crippen LogP contribution in [0, 0.1) is 0 Å². The minimum absolute atomic E-state index is 0.395. The standard InChI is InChI=1S/C20H17N3O3/c1-26-18-8-6-17(7-9-18)20(25)23-22-19(24)16-4-2-14(3-5-16)15-10-12-21-13-11-15/h2-13H,1H3,(H,22,24)(H,23,25). The van der Waals surface area contributed by atoms with Gasteiger partial charge in [0.15, 0.2) is 0 Å². The summed E-state index contributed by atoms with van der Waals surface area (Å²) in [6.07, 6.45) is 3.43. The van der Waals surface area contributed by atoms with Gasteiger partial charge < -0.3 is 4.74 Å². The van der Waals surface area contributed by atoms with Crippen molar-refractivity contribution < 1.29 is 14.3 Å². The zero-order valence-corrected chi connectivity index (χ0v) is 14.1. The summed E-state index contributed by atoms with van der Waals surface area (Å²) in [6.45, 7) is 0. The van der Waals surface area contributed by atoms with E-state index in [0.29, 0.717) is 16.9 Å². The zero-order valence-electron chi connectivity index (χ0n) is 14.1. The lowest BCUT2D eigenvalue weighted by molar-refractivity contribution is 0.0846. The van der Waals surface area contributed by atoms with Crippen LogP contribution in [0.5, 0.6) is 5.75 Å². The predicted molar refractivity (Wildman–Crippen MR) is 97.6 cm³/mol. The highest BCUT2D eigenvalue weighted by Gasteiger charge is 2.09. The average Bonchev–Trinajstić information content (AvgIpc) is 2.72. The highest BCUT2D eigenvalue weighted by molar-refractivity contribution is 5.99. The molecular formula is C20H17N3O3. The zero-order chi connectivity index (χ0) is 18.4. The van der Waals surface area contributed by atoms with Crippen LogP contribution in [0.4, 0.5) is 0 Å². The second-order valence-corrected chi connectivity index (χ2v) is 5.45. The van der Waals surface area contributed by atoms with Crippen LogP contribution in [-0.2, 0) is 0 Å². The molecular weight excluding hydrogens is 330 g/mol. The van der Waals surface area contributed by atoms with Crippen LogP contribution in [0.3, 0.4) is 0 Å². The maximum atomic E-state index is 12.2. The van der Waals surface area contributed by atoms with E-state index in [9.17, 15) is 9.59 Å². The van der Waals surface area contributed by atoms with Crippen molar-refractivity contribution in [1.29, 1.82) is 0 Å². The van der Waals surface area contributed by atoms with E-state index in [0.717, 1.165) is 11.1 Å². The van der Waals surface area contributed by atoms with E-state index in [-0.39, 0.29) is 0 Å². The normalized spacial score (nSPS) is 10.0. The van der Waals surface area contributed by atoms with E-state index in [1.54, 1.807) is 55.9 Å². The second-order valence-electron chi connectivity index (χ2n) is 5.45. The van der Waals surface area contributed by atoms with Gasteiger partial charge in [-0.2, -0.15) is 0 Å². The highest BCUT2D eigenvalue weighted by Crippen LogP contribution is 2.18. The monoisotopic (exact) mass is 347 g/mol. The molecule has 0 atom stereocenters. The Hall–Kier alpha value is -3.67. The van der Waals surface area contributed by atoms with Gasteiger partial charge in [0, 0.05) is 23.5 Å². The van der Waals surface area contributed by atoms with Gasteiger partial charge in [0.25, 0.3) is 11.8 Å². The molecule has 0 fully saturated rings. The van der Waals surface area contributed by atoms with Crippen LogP contribution in [0.2, 0.25) is 0 Å². The smallest absolute Gasteiger partial charge is 0.269 e. The fourth-order valence-corrected chi connectivity index (χ4v) is 2.36. The van der Waals surface area contributed by atoms with Gasteiger partial charge in [-0.3, -0.25) is 25.4 Å². The number of hydrogen-bond acceptors (Lipinski definition) is 4. The summed E-state index contributed by atoms with van der Waals surface area (Å²) in [5.41, 5.74) is 7.65. The number of pyridine rings is 1. The summed E-state index contributed by atoms with van der Waals surface area (Å²) in [6, 6.07) is 17.4. The van der Waals surface area contributed by atoms with Crippen molar-refractivity contribution in [3.63, 3.8) is 0 Å². The van der Waals surface area contributed by atoms with Crippen molar-refractivity contribution in [2.24, 2.45) is 0 Å². The Kier molecular flexibility index (Phi) is 5.24. The molecule has 3 rings (SSSR count). The van der Waals surface area contributed by atoms with E-state index in [1.165, 1.54) is 0 Å². The van der Waals surface area contributed by atoms with Crippen LogP contribution < -0.4 is 15.6 Å². The first-order valence-electron chi connectivity index (χ1n) is 7.92. The number of nitrogens with zero attached hydrogens (tertiary/aromatic N) is 1. The largest absolute Gasteiger partial charge is 0.497 e. The number of benzene rings is 2. The fraction of sp³-hybridized carbons (Fsp3) is 0.0500. The molecule has 0 aliphatic carbocycles. The molecule has 0 aliphatic rings. The van der Waals surface area contributed by atoms with Crippen molar-refractivity contribution >= 4 is 11.8 Å². The Labute approximate surface area is 150 Å². The molecule has 2 aromatic carbocycles. The van der Waals surface area contributed by atoms with E-state index in [4.69, 9.17) is 4.74 Å². The van der Waals surface area contributed by atoms with Gasteiger partial charge in [-0.25, -0.2) is 0 Å². The fourth-order valence-electron chi connectivity index (χ4n) is 2.36. The molecule has 130 valence electrons. The number of carbonyl (C=O) groups is 2. The lowest BCUT2D eigenvalue weighted by atomic mass is 10.1. The van der Waals surface area contributed by atoms with E-state index < -0.39 is 11.8 Å². The highest BCUT2D eigenvalue weighted by atomic mass is 16.5. The Morgan fingerprint density at radius 2 is 1.19 bits per heavy atom. The first-order valence-corrected chi connectivity index (χ1v) is 7.92. The van der Waals surface area contributed by atoms with Crippen LogP contribution >= 0.6 is 0 Å². The van der Waals surface area contributed by atoms with Crippen molar-refractivity contribution in [1.82, 2.24) is 15.8 Å². The molecule has 0 unspecified atom stereocenters. The summed E-state index contributed by atoms with van der Waals surface area (Å²) in [7, 11) is 1.55. The van der Waals surface area contributed by atoms with Gasteiger partial charge in [0.05, 0.1) is 7.11 Å². The summed E-state index contributed by atoms with van der Waals surface area (Å²) >= 11 is 0. The molecule has 0 aliphatic heterocycles. The number of ether oxygens (including phenoxy) is 1. The molecule has 26 heavy (non-hydrogen) atoms. The quantitative estimate of drug-likeness (QED) is 0.711. The van der Waals surface area contributed by atoms with Crippen LogP contribution in [0.15, 0.2) is 73.1 Å². The summed E-state index contributed by atoms with van der Waals surface area (Å²) in [5.74, 6) is -0.151. The Morgan fingerprint density at radius 1 is 0.731 bits per heavy atom. The molecule has 2 N–H and O–H groups in total. The van der Waals surface area contributed by atoms with Crippen LogP contribution in [-0.4, -0.2) is 23.9 Å². The molecule has 6 heteroatoms. The van der Waals surface area contributed by atoms with Crippen LogP contribution in [0.1, 0.15) is 20.7 Å². The van der Waals surface area contributed by atoms with Gasteiger partial charge in [0.2, 0.25) is 0 Å². The van der Waals surface area contributed by atoms with E-state index in [1.807, 2.05) is 24.3 Å². The minimum atomic E-state index is -0.408. The summed E-state index contributed by atoms with van der Waals surface area (Å²) in [4.78, 5) is 28.2. The first kappa shape index (κ1) is 17.2. The van der Waals surface area contributed by atoms with Gasteiger partial charge in [-0.05, 0) is 59.7 Å². The lowest BCUT2D eigenvalue weighted by Crippen LogP contribution is -2.41. The van der Waals surface area contributed by atoms with Gasteiger partial charge in [-0.15, -0.1) is 0 Å². The molecule has 1 heterocycles. The van der Waals surface area contributed by atoms with E-state index >= 15 is 0 Å². The molecule has 0 radical (unpaired) electrons. The molecule has 2 amide bonds. The lowest BCUT2D eigenvalue weighted by Gasteiger charge is -2.08. The minimum Gasteiger partial charge on any atom is -0.497 e. The third kappa shape index (κ3) is 4.05. The van der Waals surface area contributed by atoms with Crippen molar-refractivity contribution in [2.45, 2.75) is 0 Å². The molecule has 1 aromatic heterocycles. The Bertz CT molecular complexity index is 892. The SMILES string of the molecule is COc1ccc(C(=O)NNC(=O)c2ccc(-c3ccncc3)cc2)cc1. The molecule has 0 saturated carbocycles. The Balaban J connectivity index is 1.60. The number of methoxy groups -OCH3 is 1. The second kappa shape index (κ2) is 7.94. The van der Waals surface area contributed by atoms with Gasteiger partial charge in [0.1, 0.15) is 5.75 Å².